The summed E-state index contributed by atoms with van der Waals surface area (Å²) in [4.78, 5) is 48.6. The molecule has 2 aromatic heterocycles. The predicted octanol–water partition coefficient (Wildman–Crippen LogP) is 7.92. The number of fused-ring (bicyclic) bond motifs is 3. The van der Waals surface area contributed by atoms with E-state index in [1.54, 1.807) is 38.4 Å². The summed E-state index contributed by atoms with van der Waals surface area (Å²) in [7, 11) is 1.58. The molecule has 7 aromatic rings. The topological polar surface area (TPSA) is 174 Å². The molecule has 0 saturated carbocycles. The number of hydrogen-bond donors (Lipinski definition) is 0. The van der Waals surface area contributed by atoms with E-state index in [9.17, 15) is 22.8 Å². The molecule has 0 radical (unpaired) electrons. The summed E-state index contributed by atoms with van der Waals surface area (Å²) in [5, 5.41) is 8.12. The van der Waals surface area contributed by atoms with Crippen molar-refractivity contribution in [1.82, 2.24) is 37.7 Å². The first-order chi connectivity index (χ1) is 40.5. The van der Waals surface area contributed by atoms with Crippen molar-refractivity contribution >= 4 is 55.4 Å². The van der Waals surface area contributed by atoms with Crippen molar-refractivity contribution in [2.24, 2.45) is 7.05 Å². The van der Waals surface area contributed by atoms with Crippen molar-refractivity contribution in [3.05, 3.63) is 143 Å². The summed E-state index contributed by atoms with van der Waals surface area (Å²) in [6, 6.07) is 35.5. The van der Waals surface area contributed by atoms with Crippen molar-refractivity contribution < 1.29 is 46.5 Å². The van der Waals surface area contributed by atoms with Crippen molar-refractivity contribution in [2.45, 2.75) is 59.3 Å². The molecule has 3 aliphatic rings. The van der Waals surface area contributed by atoms with E-state index in [-0.39, 0.29) is 37.5 Å². The molecule has 0 aliphatic carbocycles. The Bertz CT molecular complexity index is 3540. The molecule has 446 valence electrons. The maximum Gasteiger partial charge on any atom is 0.355 e. The quantitative estimate of drug-likeness (QED) is 0.0307. The number of nitrogens with zero attached hydrogens (tertiary/aromatic N) is 9. The Hall–Kier alpha value is -7.17. The number of imide groups is 1. The fraction of sp³-hybridized carbons (Fsp3) is 0.438. The van der Waals surface area contributed by atoms with Crippen LogP contribution in [0.5, 0.6) is 11.5 Å². The molecule has 19 nitrogen and oxygen atoms in total. The number of amides is 2. The molecule has 0 bridgehead atoms. The maximum absolute atomic E-state index is 14.9. The van der Waals surface area contributed by atoms with Crippen LogP contribution < -0.4 is 14.4 Å². The van der Waals surface area contributed by atoms with Crippen LogP contribution in [-0.2, 0) is 51.0 Å². The second-order valence-electron chi connectivity index (χ2n) is 22.8. The number of ether oxygens (including phenoxy) is 5. The monoisotopic (exact) mass is 1170 g/mol. The number of carbonyl (C=O) groups excluding carboxylic acids is 3. The first-order valence-electron chi connectivity index (χ1n) is 29.2. The Morgan fingerprint density at radius 3 is 1.94 bits per heavy atom. The van der Waals surface area contributed by atoms with Crippen molar-refractivity contribution in [2.75, 3.05) is 124 Å². The van der Waals surface area contributed by atoms with Crippen molar-refractivity contribution in [3.8, 4) is 22.6 Å². The smallest absolute Gasteiger partial charge is 0.355 e. The third-order valence-corrected chi connectivity index (χ3v) is 17.9. The van der Waals surface area contributed by atoms with Crippen molar-refractivity contribution in [3.63, 3.8) is 0 Å². The van der Waals surface area contributed by atoms with Crippen LogP contribution in [0.3, 0.4) is 0 Å². The molecule has 10 rings (SSSR count). The number of hydrogen-bond acceptors (Lipinski definition) is 14. The van der Waals surface area contributed by atoms with E-state index in [2.05, 4.69) is 55.7 Å². The standard InChI is InChI=1S/C64H79N9O10S/c1-46-58(56(67(7)65-46)45-82-49-26-24-48(25-27-49)70-33-35-71(36-34-70)84(77,78)66(5)6)55-21-13-20-51-52(22-14-40-81-57-23-12-16-47-15-8-9-17-50(47)57)60(63(76)83-64(2,3)4)72(59(51)55)37-32-68-28-30-69(31-29-68)38-41-79-43-44-80-42-39-73-61(74)53-18-10-11-19-54(53)62(73)75/h8-13,15-21,23-27H,14,22,28-45H2,1-7H3. The Kier molecular flexibility index (Phi) is 18.8. The Balaban J connectivity index is 0.838. The van der Waals surface area contributed by atoms with Gasteiger partial charge in [0, 0.05) is 121 Å². The van der Waals surface area contributed by atoms with Gasteiger partial charge >= 0.3 is 5.97 Å². The minimum absolute atomic E-state index is 0.195. The third-order valence-electron chi connectivity index (χ3n) is 15.9. The minimum Gasteiger partial charge on any atom is -0.493 e. The molecule has 0 atom stereocenters. The fourth-order valence-corrected chi connectivity index (χ4v) is 12.7. The number of benzene rings is 5. The van der Waals surface area contributed by atoms with Gasteiger partial charge in [-0.3, -0.25) is 29.0 Å². The lowest BCUT2D eigenvalue weighted by molar-refractivity contribution is 0.00554. The van der Waals surface area contributed by atoms with Crippen LogP contribution in [0.1, 0.15) is 75.3 Å². The largest absolute Gasteiger partial charge is 0.493 e. The maximum atomic E-state index is 14.9. The first kappa shape index (κ1) is 60.0. The lowest BCUT2D eigenvalue weighted by atomic mass is 9.98. The molecule has 0 N–H and O–H groups in total. The number of piperazine rings is 2. The van der Waals surface area contributed by atoms with Gasteiger partial charge in [-0.1, -0.05) is 66.7 Å². The zero-order valence-electron chi connectivity index (χ0n) is 49.6. The van der Waals surface area contributed by atoms with E-state index >= 15 is 0 Å². The molecule has 2 amide bonds. The Morgan fingerprint density at radius 1 is 0.655 bits per heavy atom. The van der Waals surface area contributed by atoms with Gasteiger partial charge in [0.2, 0.25) is 0 Å². The van der Waals surface area contributed by atoms with Crippen molar-refractivity contribution in [1.29, 1.82) is 0 Å². The number of carbonyl (C=O) groups is 3. The van der Waals surface area contributed by atoms with E-state index in [1.165, 1.54) is 13.5 Å². The van der Waals surface area contributed by atoms with Gasteiger partial charge in [0.15, 0.2) is 0 Å². The number of anilines is 1. The number of esters is 1. The molecular formula is C64H79N9O10S. The molecule has 84 heavy (non-hydrogen) atoms. The van der Waals surface area contributed by atoms with E-state index in [4.69, 9.17) is 28.8 Å². The van der Waals surface area contributed by atoms with Crippen LogP contribution in [0.4, 0.5) is 5.69 Å². The molecular weight excluding hydrogens is 1090 g/mol. The molecule has 5 heterocycles. The van der Waals surface area contributed by atoms with E-state index in [0.29, 0.717) is 101 Å². The van der Waals surface area contributed by atoms with Crippen LogP contribution in [-0.4, -0.2) is 189 Å². The summed E-state index contributed by atoms with van der Waals surface area (Å²) in [6.07, 6.45) is 1.22. The molecule has 0 spiro atoms. The van der Waals surface area contributed by atoms with Gasteiger partial charge in [0.05, 0.1) is 67.6 Å². The van der Waals surface area contributed by atoms with Gasteiger partial charge in [-0.15, -0.1) is 0 Å². The van der Waals surface area contributed by atoms with Gasteiger partial charge in [-0.25, -0.2) is 4.79 Å². The summed E-state index contributed by atoms with van der Waals surface area (Å²) in [5.74, 6) is 0.574. The van der Waals surface area contributed by atoms with Gasteiger partial charge in [-0.05, 0) is 94.0 Å². The third kappa shape index (κ3) is 13.5. The Morgan fingerprint density at radius 2 is 1.26 bits per heavy atom. The van der Waals surface area contributed by atoms with Gasteiger partial charge in [-0.2, -0.15) is 22.1 Å². The summed E-state index contributed by atoms with van der Waals surface area (Å²) < 4.78 is 63.5. The van der Waals surface area contributed by atoms with E-state index in [1.807, 2.05) is 88.0 Å². The second-order valence-corrected chi connectivity index (χ2v) is 25.0. The SMILES string of the molecule is Cc1nn(C)c(COc2ccc(N3CCN(S(=O)(=O)N(C)C)CC3)cc2)c1-c1cccc2c(CCCOc3cccc4ccccc34)c(C(=O)OC(C)(C)C)n(CCN3CCN(CCOCCOCCN4C(=O)c5ccccc5C4=O)CC3)c12. The Labute approximate surface area is 493 Å². The predicted molar refractivity (Wildman–Crippen MR) is 325 cm³/mol. The van der Waals surface area contributed by atoms with Crippen LogP contribution in [0.15, 0.2) is 109 Å². The highest BCUT2D eigenvalue weighted by Crippen LogP contribution is 2.40. The lowest BCUT2D eigenvalue weighted by Gasteiger charge is -2.36. The van der Waals surface area contributed by atoms with Crippen LogP contribution in [0.25, 0.3) is 32.8 Å². The van der Waals surface area contributed by atoms with Gasteiger partial charge in [0.1, 0.15) is 29.4 Å². The second kappa shape index (κ2) is 26.4. The normalized spacial score (nSPS) is 15.7. The van der Waals surface area contributed by atoms with Crippen LogP contribution in [0.2, 0.25) is 0 Å². The molecule has 5 aromatic carbocycles. The van der Waals surface area contributed by atoms with E-state index in [0.717, 1.165) is 93.9 Å². The van der Waals surface area contributed by atoms with Crippen LogP contribution >= 0.6 is 0 Å². The fourth-order valence-electron chi connectivity index (χ4n) is 11.6. The number of aryl methyl sites for hydroxylation is 3. The summed E-state index contributed by atoms with van der Waals surface area (Å²) in [6.45, 7) is 17.5. The average molecular weight is 1170 g/mol. The molecule has 0 unspecified atom stereocenters. The lowest BCUT2D eigenvalue weighted by Crippen LogP contribution is -2.51. The molecule has 20 heteroatoms. The van der Waals surface area contributed by atoms with E-state index < -0.39 is 15.8 Å². The van der Waals surface area contributed by atoms with Crippen LogP contribution in [0, 0.1) is 6.92 Å². The average Bonchev–Trinajstić information content (AvgIpc) is 3.49. The number of rotatable bonds is 25. The highest BCUT2D eigenvalue weighted by molar-refractivity contribution is 7.86. The minimum atomic E-state index is -3.47. The zero-order valence-corrected chi connectivity index (χ0v) is 50.4. The number of aromatic nitrogens is 3. The zero-order chi connectivity index (χ0) is 59.1. The first-order valence-corrected chi connectivity index (χ1v) is 30.6. The highest BCUT2D eigenvalue weighted by atomic mass is 32.2. The molecule has 2 saturated heterocycles. The number of para-hydroxylation sites is 1. The highest BCUT2D eigenvalue weighted by Gasteiger charge is 2.35. The van der Waals surface area contributed by atoms with Gasteiger partial charge < -0.3 is 33.2 Å². The summed E-state index contributed by atoms with van der Waals surface area (Å²) in [5.41, 5.74) is 7.11. The molecule has 3 aliphatic heterocycles. The molecule has 2 fully saturated rings. The summed E-state index contributed by atoms with van der Waals surface area (Å²) >= 11 is 0. The van der Waals surface area contributed by atoms with Gasteiger partial charge in [0.25, 0.3) is 22.0 Å².